The minimum Gasteiger partial charge on any atom is -0.497 e. The van der Waals surface area contributed by atoms with Crippen LogP contribution in [0.2, 0.25) is 0 Å². The van der Waals surface area contributed by atoms with Crippen LogP contribution in [-0.4, -0.2) is 73.5 Å². The summed E-state index contributed by atoms with van der Waals surface area (Å²) in [5.41, 5.74) is 0.730. The van der Waals surface area contributed by atoms with Gasteiger partial charge in [0.1, 0.15) is 5.75 Å². The number of carbonyl (C=O) groups is 3. The van der Waals surface area contributed by atoms with Gasteiger partial charge in [0, 0.05) is 26.1 Å². The van der Waals surface area contributed by atoms with E-state index in [0.29, 0.717) is 12.2 Å². The normalized spacial score (nSPS) is 22.3. The van der Waals surface area contributed by atoms with E-state index in [-0.39, 0.29) is 41.3 Å². The van der Waals surface area contributed by atoms with Crippen LogP contribution in [0.3, 0.4) is 0 Å². The third-order valence-corrected chi connectivity index (χ3v) is 7.62. The Bertz CT molecular complexity index is 973. The molecule has 2 saturated heterocycles. The Labute approximate surface area is 173 Å². The highest BCUT2D eigenvalue weighted by molar-refractivity contribution is 8.18. The maximum atomic E-state index is 12.6. The number of nitrogens with zero attached hydrogens (tertiary/aromatic N) is 2. The molecule has 0 radical (unpaired) electrons. The summed E-state index contributed by atoms with van der Waals surface area (Å²) in [5, 5.41) is -0.428. The molecule has 29 heavy (non-hydrogen) atoms. The number of ether oxygens (including phenoxy) is 1. The zero-order chi connectivity index (χ0) is 21.2. The Morgan fingerprint density at radius 2 is 2.14 bits per heavy atom. The molecule has 1 aromatic rings. The van der Waals surface area contributed by atoms with Crippen molar-refractivity contribution < 1.29 is 27.5 Å². The summed E-state index contributed by atoms with van der Waals surface area (Å²) in [6.45, 7) is -0.0389. The fraction of sp³-hybridized carbons (Fsp3) is 0.421. The summed E-state index contributed by atoms with van der Waals surface area (Å²) < 4.78 is 28.3. The number of rotatable bonds is 6. The maximum absolute atomic E-state index is 12.6. The van der Waals surface area contributed by atoms with E-state index in [1.807, 2.05) is 0 Å². The average Bonchev–Trinajstić information content (AvgIpc) is 3.18. The monoisotopic (exact) mass is 438 g/mol. The van der Waals surface area contributed by atoms with Gasteiger partial charge in [-0.15, -0.1) is 0 Å². The van der Waals surface area contributed by atoms with Gasteiger partial charge in [-0.05, 0) is 42.0 Å². The van der Waals surface area contributed by atoms with Gasteiger partial charge in [0.15, 0.2) is 9.84 Å². The Morgan fingerprint density at radius 1 is 1.38 bits per heavy atom. The van der Waals surface area contributed by atoms with Crippen molar-refractivity contribution in [3.05, 3.63) is 34.7 Å². The van der Waals surface area contributed by atoms with E-state index >= 15 is 0 Å². The zero-order valence-corrected chi connectivity index (χ0v) is 17.8. The Morgan fingerprint density at radius 3 is 2.79 bits per heavy atom. The second kappa shape index (κ2) is 8.58. The highest BCUT2D eigenvalue weighted by Gasteiger charge is 2.36. The van der Waals surface area contributed by atoms with Gasteiger partial charge in [0.25, 0.3) is 11.1 Å². The molecule has 0 saturated carbocycles. The topological polar surface area (TPSA) is 101 Å². The highest BCUT2D eigenvalue weighted by Crippen LogP contribution is 2.32. The molecule has 2 heterocycles. The number of benzene rings is 1. The van der Waals surface area contributed by atoms with Crippen molar-refractivity contribution in [3.8, 4) is 5.75 Å². The van der Waals surface area contributed by atoms with Crippen molar-refractivity contribution in [2.45, 2.75) is 18.9 Å². The van der Waals surface area contributed by atoms with Crippen LogP contribution in [0.15, 0.2) is 29.2 Å². The Hall–Kier alpha value is -2.33. The lowest BCUT2D eigenvalue weighted by Gasteiger charge is -2.24. The molecule has 1 unspecified atom stereocenters. The number of amides is 3. The molecule has 2 aliphatic heterocycles. The fourth-order valence-corrected chi connectivity index (χ4v) is 5.88. The average molecular weight is 439 g/mol. The van der Waals surface area contributed by atoms with Crippen LogP contribution >= 0.6 is 11.8 Å². The summed E-state index contributed by atoms with van der Waals surface area (Å²) in [7, 11) is 0.00697. The zero-order valence-electron chi connectivity index (χ0n) is 16.2. The SMILES string of the molecule is COc1cccc(C=C2SC(=O)N(CCC(=O)N(C)C3CCS(=O)(=O)C3)C2=O)c1. The molecule has 0 aromatic heterocycles. The van der Waals surface area contributed by atoms with Crippen LogP contribution in [0.1, 0.15) is 18.4 Å². The second-order valence-corrected chi connectivity index (χ2v) is 10.1. The summed E-state index contributed by atoms with van der Waals surface area (Å²) in [4.78, 5) is 40.0. The van der Waals surface area contributed by atoms with Gasteiger partial charge in [0.2, 0.25) is 5.91 Å². The molecular formula is C19H22N2O6S2. The van der Waals surface area contributed by atoms with Gasteiger partial charge in [-0.25, -0.2) is 8.42 Å². The minimum atomic E-state index is -3.10. The molecule has 1 aromatic carbocycles. The van der Waals surface area contributed by atoms with Gasteiger partial charge < -0.3 is 9.64 Å². The lowest BCUT2D eigenvalue weighted by atomic mass is 10.2. The number of carbonyl (C=O) groups excluding carboxylic acids is 3. The van der Waals surface area contributed by atoms with Crippen molar-refractivity contribution in [1.82, 2.24) is 9.80 Å². The van der Waals surface area contributed by atoms with Crippen molar-refractivity contribution in [1.29, 1.82) is 0 Å². The van der Waals surface area contributed by atoms with E-state index in [9.17, 15) is 22.8 Å². The van der Waals surface area contributed by atoms with Crippen LogP contribution in [0.4, 0.5) is 4.79 Å². The number of thioether (sulfide) groups is 1. The first-order valence-electron chi connectivity index (χ1n) is 9.05. The first-order chi connectivity index (χ1) is 13.7. The largest absolute Gasteiger partial charge is 0.497 e. The predicted octanol–water partition coefficient (Wildman–Crippen LogP) is 1.77. The summed E-state index contributed by atoms with van der Waals surface area (Å²) in [6.07, 6.45) is 1.98. The highest BCUT2D eigenvalue weighted by atomic mass is 32.2. The lowest BCUT2D eigenvalue weighted by Crippen LogP contribution is -2.40. The number of methoxy groups -OCH3 is 1. The molecule has 10 heteroatoms. The van der Waals surface area contributed by atoms with Crippen LogP contribution in [0.25, 0.3) is 6.08 Å². The van der Waals surface area contributed by atoms with E-state index in [0.717, 1.165) is 22.2 Å². The molecule has 3 amide bonds. The minimum absolute atomic E-state index is 0.0389. The summed E-state index contributed by atoms with van der Waals surface area (Å²) in [6, 6.07) is 6.76. The molecule has 8 nitrogen and oxygen atoms in total. The van der Waals surface area contributed by atoms with E-state index in [4.69, 9.17) is 4.74 Å². The molecule has 2 aliphatic rings. The maximum Gasteiger partial charge on any atom is 0.293 e. The van der Waals surface area contributed by atoms with Crippen molar-refractivity contribution in [3.63, 3.8) is 0 Å². The third kappa shape index (κ3) is 4.99. The molecule has 156 valence electrons. The number of imide groups is 1. The molecular weight excluding hydrogens is 416 g/mol. The molecule has 0 aliphatic carbocycles. The van der Waals surface area contributed by atoms with Crippen molar-refractivity contribution in [2.24, 2.45) is 0 Å². The Kier molecular flexibility index (Phi) is 6.33. The molecule has 3 rings (SSSR count). The van der Waals surface area contributed by atoms with Crippen molar-refractivity contribution >= 4 is 44.7 Å². The van der Waals surface area contributed by atoms with Crippen LogP contribution in [-0.2, 0) is 19.4 Å². The first-order valence-corrected chi connectivity index (χ1v) is 11.7. The van der Waals surface area contributed by atoms with Gasteiger partial charge in [0.05, 0.1) is 23.5 Å². The van der Waals surface area contributed by atoms with Crippen LogP contribution in [0, 0.1) is 0 Å². The van der Waals surface area contributed by atoms with Gasteiger partial charge in [-0.1, -0.05) is 12.1 Å². The molecule has 0 bridgehead atoms. The van der Waals surface area contributed by atoms with Crippen molar-refractivity contribution in [2.75, 3.05) is 32.2 Å². The first kappa shape index (κ1) is 21.4. The molecule has 0 N–H and O–H groups in total. The van der Waals surface area contributed by atoms with E-state index < -0.39 is 21.0 Å². The van der Waals surface area contributed by atoms with Gasteiger partial charge in [-0.3, -0.25) is 19.3 Å². The van der Waals surface area contributed by atoms with Gasteiger partial charge >= 0.3 is 0 Å². The van der Waals surface area contributed by atoms with E-state index in [2.05, 4.69) is 0 Å². The smallest absolute Gasteiger partial charge is 0.293 e. The Balaban J connectivity index is 1.61. The predicted molar refractivity (Wildman–Crippen MR) is 110 cm³/mol. The fourth-order valence-electron chi connectivity index (χ4n) is 3.24. The standard InChI is InChI=1S/C19H22N2O6S2/c1-20(14-7-9-29(25,26)12-14)17(22)6-8-21-18(23)16(28-19(21)24)11-13-4-3-5-15(10-13)27-2/h3-5,10-11,14H,6-9,12H2,1-2H3. The number of sulfone groups is 1. The summed E-state index contributed by atoms with van der Waals surface area (Å²) in [5.74, 6) is -0.0572. The second-order valence-electron chi connectivity index (χ2n) is 6.92. The number of hydrogen-bond acceptors (Lipinski definition) is 7. The van der Waals surface area contributed by atoms with E-state index in [1.54, 1.807) is 44.5 Å². The van der Waals surface area contributed by atoms with Crippen LogP contribution in [0.5, 0.6) is 5.75 Å². The molecule has 1 atom stereocenters. The number of hydrogen-bond donors (Lipinski definition) is 0. The quantitative estimate of drug-likeness (QED) is 0.624. The van der Waals surface area contributed by atoms with E-state index in [1.165, 1.54) is 4.90 Å². The van der Waals surface area contributed by atoms with Crippen LogP contribution < -0.4 is 4.74 Å². The summed E-state index contributed by atoms with van der Waals surface area (Å²) >= 11 is 0.829. The lowest BCUT2D eigenvalue weighted by molar-refractivity contribution is -0.132. The van der Waals surface area contributed by atoms with Gasteiger partial charge in [-0.2, -0.15) is 0 Å². The molecule has 0 spiro atoms. The third-order valence-electron chi connectivity index (χ3n) is 4.96. The molecule has 2 fully saturated rings.